The van der Waals surface area contributed by atoms with E-state index in [1.165, 1.54) is 38.1 Å². The van der Waals surface area contributed by atoms with Gasteiger partial charge in [0.15, 0.2) is 11.9 Å². The molecule has 0 radical (unpaired) electrons. The molecule has 2 aromatic carbocycles. The van der Waals surface area contributed by atoms with Gasteiger partial charge in [-0.2, -0.15) is 26.3 Å². The van der Waals surface area contributed by atoms with E-state index in [-0.39, 0.29) is 17.5 Å². The summed E-state index contributed by atoms with van der Waals surface area (Å²) in [6, 6.07) is 6.49. The number of ether oxygens (including phenoxy) is 1. The molecular weight excluding hydrogens is 404 g/mol. The summed E-state index contributed by atoms with van der Waals surface area (Å²) in [6.45, 7) is 2.53. The van der Waals surface area contributed by atoms with Crippen molar-refractivity contribution >= 4 is 17.4 Å². The van der Waals surface area contributed by atoms with Crippen molar-refractivity contribution in [3.8, 4) is 5.75 Å². The van der Waals surface area contributed by atoms with Gasteiger partial charge in [-0.05, 0) is 56.3 Å². The topological polar surface area (TPSA) is 55.4 Å². The fourth-order valence-corrected chi connectivity index (χ4v) is 2.28. The minimum Gasteiger partial charge on any atom is -0.481 e. The maximum Gasteiger partial charge on any atom is 0.416 e. The van der Waals surface area contributed by atoms with Gasteiger partial charge in [-0.3, -0.25) is 9.59 Å². The molecule has 0 aromatic heterocycles. The van der Waals surface area contributed by atoms with E-state index in [2.05, 4.69) is 5.32 Å². The maximum absolute atomic E-state index is 12.9. The lowest BCUT2D eigenvalue weighted by Gasteiger charge is -2.18. The number of carbonyl (C=O) groups excluding carboxylic acids is 2. The van der Waals surface area contributed by atoms with Gasteiger partial charge in [-0.1, -0.05) is 0 Å². The van der Waals surface area contributed by atoms with E-state index in [1.807, 2.05) is 0 Å². The van der Waals surface area contributed by atoms with Gasteiger partial charge in [0.05, 0.1) is 11.1 Å². The summed E-state index contributed by atoms with van der Waals surface area (Å²) in [5, 5.41) is 2.40. The van der Waals surface area contributed by atoms with Gasteiger partial charge in [0.1, 0.15) is 5.75 Å². The maximum atomic E-state index is 12.9. The van der Waals surface area contributed by atoms with Crippen molar-refractivity contribution in [3.05, 3.63) is 59.2 Å². The Morgan fingerprint density at radius 3 is 1.79 bits per heavy atom. The second kappa shape index (κ2) is 8.14. The molecule has 1 N–H and O–H groups in total. The predicted molar refractivity (Wildman–Crippen MR) is 91.6 cm³/mol. The summed E-state index contributed by atoms with van der Waals surface area (Å²) in [6.07, 6.45) is -11.4. The van der Waals surface area contributed by atoms with Crippen molar-refractivity contribution in [3.63, 3.8) is 0 Å². The average Bonchev–Trinajstić information content (AvgIpc) is 2.60. The molecule has 4 nitrogen and oxygen atoms in total. The van der Waals surface area contributed by atoms with Crippen LogP contribution in [0.1, 0.15) is 35.3 Å². The van der Waals surface area contributed by atoms with E-state index in [1.54, 1.807) is 0 Å². The number of amides is 1. The van der Waals surface area contributed by atoms with Crippen LogP contribution in [0.15, 0.2) is 42.5 Å². The molecule has 0 saturated heterocycles. The van der Waals surface area contributed by atoms with E-state index >= 15 is 0 Å². The Balaban J connectivity index is 2.19. The molecule has 1 atom stereocenters. The summed E-state index contributed by atoms with van der Waals surface area (Å²) in [5.74, 6) is -1.74. The van der Waals surface area contributed by atoms with Crippen LogP contribution < -0.4 is 10.1 Å². The van der Waals surface area contributed by atoms with Gasteiger partial charge < -0.3 is 10.1 Å². The number of carbonyl (C=O) groups is 2. The van der Waals surface area contributed by atoms with Crippen LogP contribution in [0.2, 0.25) is 0 Å². The average molecular weight is 419 g/mol. The normalized spacial score (nSPS) is 13.0. The van der Waals surface area contributed by atoms with E-state index < -0.39 is 41.2 Å². The highest BCUT2D eigenvalue weighted by molar-refractivity contribution is 5.96. The lowest BCUT2D eigenvalue weighted by atomic mass is 10.1. The summed E-state index contributed by atoms with van der Waals surface area (Å²) in [7, 11) is 0. The van der Waals surface area contributed by atoms with Crippen LogP contribution in [0, 0.1) is 0 Å². The Labute approximate surface area is 161 Å². The SMILES string of the molecule is CC(=O)c1ccc(NC(=O)C(C)Oc2cc(C(F)(F)F)cc(C(F)(F)F)c2)cc1. The molecule has 156 valence electrons. The first-order valence-corrected chi connectivity index (χ1v) is 8.15. The molecule has 10 heteroatoms. The van der Waals surface area contributed by atoms with Gasteiger partial charge in [-0.15, -0.1) is 0 Å². The van der Waals surface area contributed by atoms with Gasteiger partial charge in [0.25, 0.3) is 5.91 Å². The van der Waals surface area contributed by atoms with E-state index in [0.717, 1.165) is 0 Å². The summed E-state index contributed by atoms with van der Waals surface area (Å²) in [4.78, 5) is 23.4. The highest BCUT2D eigenvalue weighted by atomic mass is 19.4. The summed E-state index contributed by atoms with van der Waals surface area (Å²) < 4.78 is 82.3. The van der Waals surface area contributed by atoms with Crippen LogP contribution in [0.25, 0.3) is 0 Å². The molecule has 2 rings (SSSR count). The third-order valence-electron chi connectivity index (χ3n) is 3.80. The van der Waals surface area contributed by atoms with E-state index in [0.29, 0.717) is 17.7 Å². The number of nitrogens with one attached hydrogen (secondary N) is 1. The minimum absolute atomic E-state index is 0.0336. The molecule has 0 aliphatic carbocycles. The largest absolute Gasteiger partial charge is 0.481 e. The van der Waals surface area contributed by atoms with Crippen LogP contribution in [-0.4, -0.2) is 17.8 Å². The minimum atomic E-state index is -5.02. The Morgan fingerprint density at radius 2 is 1.38 bits per heavy atom. The van der Waals surface area contributed by atoms with Crippen LogP contribution in [0.5, 0.6) is 5.75 Å². The molecule has 0 bridgehead atoms. The monoisotopic (exact) mass is 419 g/mol. The lowest BCUT2D eigenvalue weighted by Crippen LogP contribution is -2.30. The fourth-order valence-electron chi connectivity index (χ4n) is 2.28. The Morgan fingerprint density at radius 1 is 0.897 bits per heavy atom. The summed E-state index contributed by atoms with van der Waals surface area (Å²) >= 11 is 0. The number of rotatable bonds is 5. The number of anilines is 1. The van der Waals surface area contributed by atoms with Crippen molar-refractivity contribution in [1.29, 1.82) is 0 Å². The zero-order chi connectivity index (χ0) is 22.0. The van der Waals surface area contributed by atoms with Crippen LogP contribution in [0.4, 0.5) is 32.0 Å². The second-order valence-electron chi connectivity index (χ2n) is 6.12. The Bertz CT molecular complexity index is 871. The molecule has 0 heterocycles. The lowest BCUT2D eigenvalue weighted by molar-refractivity contribution is -0.143. The van der Waals surface area contributed by atoms with E-state index in [4.69, 9.17) is 4.74 Å². The first-order chi connectivity index (χ1) is 13.3. The fraction of sp³-hybridized carbons (Fsp3) is 0.263. The van der Waals surface area contributed by atoms with Crippen molar-refractivity contribution in [1.82, 2.24) is 0 Å². The van der Waals surface area contributed by atoms with Crippen molar-refractivity contribution in [2.45, 2.75) is 32.3 Å². The quantitative estimate of drug-likeness (QED) is 0.526. The first-order valence-electron chi connectivity index (χ1n) is 8.15. The highest BCUT2D eigenvalue weighted by Gasteiger charge is 2.37. The zero-order valence-corrected chi connectivity index (χ0v) is 15.1. The standard InChI is InChI=1S/C19H15F6NO3/c1-10(27)12-3-5-15(6-4-12)26-17(28)11(2)29-16-8-13(18(20,21)22)7-14(9-16)19(23,24)25/h3-9,11H,1-2H3,(H,26,28). The van der Waals surface area contributed by atoms with E-state index in [9.17, 15) is 35.9 Å². The van der Waals surface area contributed by atoms with Crippen LogP contribution >= 0.6 is 0 Å². The Kier molecular flexibility index (Phi) is 6.24. The molecular formula is C19H15F6NO3. The second-order valence-corrected chi connectivity index (χ2v) is 6.12. The van der Waals surface area contributed by atoms with Crippen LogP contribution in [0.3, 0.4) is 0 Å². The number of halogens is 6. The van der Waals surface area contributed by atoms with Crippen LogP contribution in [-0.2, 0) is 17.1 Å². The highest BCUT2D eigenvalue weighted by Crippen LogP contribution is 2.38. The Hall–Kier alpha value is -3.04. The number of alkyl halides is 6. The predicted octanol–water partition coefficient (Wildman–Crippen LogP) is 5.33. The third-order valence-corrected chi connectivity index (χ3v) is 3.80. The molecule has 1 unspecified atom stereocenters. The van der Waals surface area contributed by atoms with Crippen molar-refractivity contribution in [2.24, 2.45) is 0 Å². The van der Waals surface area contributed by atoms with Gasteiger partial charge in [0, 0.05) is 11.3 Å². The molecule has 0 spiro atoms. The van der Waals surface area contributed by atoms with Crippen molar-refractivity contribution < 1.29 is 40.7 Å². The van der Waals surface area contributed by atoms with Gasteiger partial charge in [-0.25, -0.2) is 0 Å². The third kappa shape index (κ3) is 5.97. The molecule has 1 amide bonds. The number of benzene rings is 2. The molecule has 0 aliphatic rings. The zero-order valence-electron chi connectivity index (χ0n) is 15.1. The van der Waals surface area contributed by atoms with Gasteiger partial charge in [0.2, 0.25) is 0 Å². The number of Topliss-reactive ketones (excluding diaryl/α,β-unsaturated/α-hetero) is 1. The molecule has 29 heavy (non-hydrogen) atoms. The molecule has 2 aromatic rings. The van der Waals surface area contributed by atoms with Gasteiger partial charge >= 0.3 is 12.4 Å². The smallest absolute Gasteiger partial charge is 0.416 e. The van der Waals surface area contributed by atoms with Crippen molar-refractivity contribution in [2.75, 3.05) is 5.32 Å². The first kappa shape index (κ1) is 22.3. The molecule has 0 fully saturated rings. The number of hydrogen-bond acceptors (Lipinski definition) is 3. The number of ketones is 1. The summed E-state index contributed by atoms with van der Waals surface area (Å²) in [5.41, 5.74) is -2.42. The molecule has 0 saturated carbocycles. The number of hydrogen-bond donors (Lipinski definition) is 1. The molecule has 0 aliphatic heterocycles.